The molecule has 1 amide bonds. The average molecular weight is 294 g/mol. The average Bonchev–Trinajstić information content (AvgIpc) is 3.16. The largest absolute Gasteiger partial charge is 0.394 e. The van der Waals surface area contributed by atoms with E-state index >= 15 is 0 Å². The van der Waals surface area contributed by atoms with E-state index in [1.165, 1.54) is 11.3 Å². The molecule has 6 heteroatoms. The SMILES string of the molecule is O=C(c1csc(-c2ccsc2)n1)N1CCC[C@H]1CO. The first-order valence-corrected chi connectivity index (χ1v) is 8.02. The second kappa shape index (κ2) is 5.40. The van der Waals surface area contributed by atoms with Gasteiger partial charge in [0, 0.05) is 22.9 Å². The molecule has 3 heterocycles. The van der Waals surface area contributed by atoms with Crippen LogP contribution < -0.4 is 0 Å². The molecule has 1 saturated heterocycles. The Morgan fingerprint density at radius 2 is 2.42 bits per heavy atom. The van der Waals surface area contributed by atoms with Crippen LogP contribution in [0.5, 0.6) is 0 Å². The van der Waals surface area contributed by atoms with Gasteiger partial charge in [-0.1, -0.05) is 0 Å². The molecule has 0 aliphatic carbocycles. The summed E-state index contributed by atoms with van der Waals surface area (Å²) in [5, 5.41) is 16.0. The van der Waals surface area contributed by atoms with Crippen molar-refractivity contribution in [1.29, 1.82) is 0 Å². The maximum Gasteiger partial charge on any atom is 0.273 e. The molecule has 0 bridgehead atoms. The fourth-order valence-electron chi connectivity index (χ4n) is 2.33. The minimum Gasteiger partial charge on any atom is -0.394 e. The number of rotatable bonds is 3. The van der Waals surface area contributed by atoms with Gasteiger partial charge in [0.05, 0.1) is 12.6 Å². The van der Waals surface area contributed by atoms with E-state index in [1.54, 1.807) is 16.2 Å². The summed E-state index contributed by atoms with van der Waals surface area (Å²) in [6.45, 7) is 0.753. The van der Waals surface area contributed by atoms with Gasteiger partial charge in [-0.25, -0.2) is 4.98 Å². The van der Waals surface area contributed by atoms with E-state index in [9.17, 15) is 9.90 Å². The van der Waals surface area contributed by atoms with Crippen molar-refractivity contribution >= 4 is 28.6 Å². The molecule has 0 unspecified atom stereocenters. The Balaban J connectivity index is 1.81. The molecule has 2 aromatic heterocycles. The van der Waals surface area contributed by atoms with Crippen molar-refractivity contribution in [1.82, 2.24) is 9.88 Å². The summed E-state index contributed by atoms with van der Waals surface area (Å²) >= 11 is 3.11. The molecule has 2 aromatic rings. The van der Waals surface area contributed by atoms with E-state index in [1.807, 2.05) is 22.2 Å². The van der Waals surface area contributed by atoms with Gasteiger partial charge in [-0.05, 0) is 24.3 Å². The van der Waals surface area contributed by atoms with Gasteiger partial charge in [0.15, 0.2) is 0 Å². The molecule has 100 valence electrons. The molecule has 0 spiro atoms. The van der Waals surface area contributed by atoms with Crippen molar-refractivity contribution in [3.05, 3.63) is 27.9 Å². The summed E-state index contributed by atoms with van der Waals surface area (Å²) in [4.78, 5) is 18.5. The molecule has 1 N–H and O–H groups in total. The zero-order valence-electron chi connectivity index (χ0n) is 10.3. The first-order chi connectivity index (χ1) is 9.29. The Morgan fingerprint density at radius 1 is 1.53 bits per heavy atom. The molecule has 1 aliphatic heterocycles. The standard InChI is InChI=1S/C13H14N2O2S2/c16-6-10-2-1-4-15(10)13(17)11-8-19-12(14-11)9-3-5-18-7-9/h3,5,7-8,10,16H,1-2,4,6H2/t10-/m0/s1. The summed E-state index contributed by atoms with van der Waals surface area (Å²) in [5.74, 6) is -0.0609. The maximum atomic E-state index is 12.4. The molecule has 1 atom stereocenters. The van der Waals surface area contributed by atoms with Crippen LogP contribution in [0.15, 0.2) is 22.2 Å². The minimum atomic E-state index is -0.0609. The van der Waals surface area contributed by atoms with Gasteiger partial charge in [-0.2, -0.15) is 11.3 Å². The van der Waals surface area contributed by atoms with Gasteiger partial charge in [0.1, 0.15) is 10.7 Å². The van der Waals surface area contributed by atoms with E-state index in [4.69, 9.17) is 0 Å². The monoisotopic (exact) mass is 294 g/mol. The second-order valence-corrected chi connectivity index (χ2v) is 6.17. The first-order valence-electron chi connectivity index (χ1n) is 6.19. The Kier molecular flexibility index (Phi) is 3.63. The summed E-state index contributed by atoms with van der Waals surface area (Å²) in [6.07, 6.45) is 1.84. The molecule has 1 fully saturated rings. The highest BCUT2D eigenvalue weighted by Crippen LogP contribution is 2.27. The molecule has 0 saturated carbocycles. The number of aromatic nitrogens is 1. The smallest absolute Gasteiger partial charge is 0.273 e. The summed E-state index contributed by atoms with van der Waals surface area (Å²) in [6, 6.07) is 1.96. The number of thiophene rings is 1. The lowest BCUT2D eigenvalue weighted by atomic mass is 10.2. The van der Waals surface area contributed by atoms with Gasteiger partial charge in [0.2, 0.25) is 0 Å². The van der Waals surface area contributed by atoms with Gasteiger partial charge >= 0.3 is 0 Å². The topological polar surface area (TPSA) is 53.4 Å². The zero-order chi connectivity index (χ0) is 13.2. The lowest BCUT2D eigenvalue weighted by Gasteiger charge is -2.21. The number of hydrogen-bond acceptors (Lipinski definition) is 5. The maximum absolute atomic E-state index is 12.4. The van der Waals surface area contributed by atoms with E-state index < -0.39 is 0 Å². The van der Waals surface area contributed by atoms with Crippen LogP contribution in [0.4, 0.5) is 0 Å². The minimum absolute atomic E-state index is 0.0350. The van der Waals surface area contributed by atoms with Crippen molar-refractivity contribution < 1.29 is 9.90 Å². The van der Waals surface area contributed by atoms with Crippen molar-refractivity contribution in [2.45, 2.75) is 18.9 Å². The number of aliphatic hydroxyl groups is 1. The third-order valence-corrected chi connectivity index (χ3v) is 4.91. The quantitative estimate of drug-likeness (QED) is 0.946. The molecule has 4 nitrogen and oxygen atoms in total. The number of nitrogens with zero attached hydrogens (tertiary/aromatic N) is 2. The fraction of sp³-hybridized carbons (Fsp3) is 0.385. The Bertz CT molecular complexity index is 565. The summed E-state index contributed by atoms with van der Waals surface area (Å²) < 4.78 is 0. The van der Waals surface area contributed by atoms with Crippen LogP contribution in [0.3, 0.4) is 0 Å². The van der Waals surface area contributed by atoms with Gasteiger partial charge in [-0.15, -0.1) is 11.3 Å². The number of amides is 1. The highest BCUT2D eigenvalue weighted by atomic mass is 32.1. The molecular weight excluding hydrogens is 280 g/mol. The van der Waals surface area contributed by atoms with Crippen LogP contribution in [0.2, 0.25) is 0 Å². The normalized spacial score (nSPS) is 19.0. The van der Waals surface area contributed by atoms with Crippen molar-refractivity contribution in [3.8, 4) is 10.6 Å². The third kappa shape index (κ3) is 2.43. The number of carbonyl (C=O) groups excluding carboxylic acids is 1. The van der Waals surface area contributed by atoms with Crippen LogP contribution in [0.25, 0.3) is 10.6 Å². The van der Waals surface area contributed by atoms with Crippen molar-refractivity contribution in [2.75, 3.05) is 13.2 Å². The van der Waals surface area contributed by atoms with Gasteiger partial charge < -0.3 is 10.0 Å². The summed E-state index contributed by atoms with van der Waals surface area (Å²) in [7, 11) is 0. The highest BCUT2D eigenvalue weighted by Gasteiger charge is 2.30. The van der Waals surface area contributed by atoms with Crippen LogP contribution in [0, 0.1) is 0 Å². The van der Waals surface area contributed by atoms with E-state index in [0.717, 1.165) is 30.0 Å². The number of likely N-dealkylation sites (tertiary alicyclic amines) is 1. The molecular formula is C13H14N2O2S2. The Labute approximate surface area is 119 Å². The summed E-state index contributed by atoms with van der Waals surface area (Å²) in [5.41, 5.74) is 1.56. The Morgan fingerprint density at radius 3 is 3.16 bits per heavy atom. The van der Waals surface area contributed by atoms with Crippen molar-refractivity contribution in [2.24, 2.45) is 0 Å². The van der Waals surface area contributed by atoms with Gasteiger partial charge in [0.25, 0.3) is 5.91 Å². The fourth-order valence-corrected chi connectivity index (χ4v) is 3.84. The Hall–Kier alpha value is -1.24. The molecule has 0 aromatic carbocycles. The van der Waals surface area contributed by atoms with Crippen LogP contribution in [0.1, 0.15) is 23.3 Å². The molecule has 0 radical (unpaired) electrons. The highest BCUT2D eigenvalue weighted by molar-refractivity contribution is 7.14. The lowest BCUT2D eigenvalue weighted by Crippen LogP contribution is -2.37. The number of hydrogen-bond donors (Lipinski definition) is 1. The van der Waals surface area contributed by atoms with Gasteiger partial charge in [-0.3, -0.25) is 4.79 Å². The molecule has 3 rings (SSSR count). The number of carbonyl (C=O) groups is 1. The third-order valence-electron chi connectivity index (χ3n) is 3.34. The molecule has 1 aliphatic rings. The second-order valence-electron chi connectivity index (χ2n) is 4.53. The van der Waals surface area contributed by atoms with E-state index in [2.05, 4.69) is 4.98 Å². The van der Waals surface area contributed by atoms with Crippen LogP contribution in [-0.2, 0) is 0 Å². The van der Waals surface area contributed by atoms with E-state index in [0.29, 0.717) is 5.69 Å². The van der Waals surface area contributed by atoms with Crippen molar-refractivity contribution in [3.63, 3.8) is 0 Å². The van der Waals surface area contributed by atoms with Crippen LogP contribution >= 0.6 is 22.7 Å². The number of thiazole rings is 1. The predicted molar refractivity (Wildman–Crippen MR) is 76.6 cm³/mol. The first kappa shape index (κ1) is 12.8. The van der Waals surface area contributed by atoms with Crippen LogP contribution in [-0.4, -0.2) is 40.1 Å². The predicted octanol–water partition coefficient (Wildman–Crippen LogP) is 2.47. The zero-order valence-corrected chi connectivity index (χ0v) is 11.9. The molecule has 19 heavy (non-hydrogen) atoms. The lowest BCUT2D eigenvalue weighted by molar-refractivity contribution is 0.0672. The number of aliphatic hydroxyl groups excluding tert-OH is 1. The van der Waals surface area contributed by atoms with E-state index in [-0.39, 0.29) is 18.6 Å².